The average molecular weight is 568 g/mol. The zero-order chi connectivity index (χ0) is 29.0. The van der Waals surface area contributed by atoms with Crippen LogP contribution >= 0.6 is 0 Å². The second kappa shape index (κ2) is 9.89. The van der Waals surface area contributed by atoms with E-state index in [-0.39, 0.29) is 5.92 Å². The molecule has 44 heavy (non-hydrogen) atoms. The van der Waals surface area contributed by atoms with Gasteiger partial charge in [-0.3, -0.25) is 0 Å². The summed E-state index contributed by atoms with van der Waals surface area (Å²) in [4.78, 5) is 15.1. The van der Waals surface area contributed by atoms with Crippen molar-refractivity contribution >= 4 is 43.9 Å². The molecule has 0 fully saturated rings. The van der Waals surface area contributed by atoms with Crippen molar-refractivity contribution in [3.8, 4) is 33.9 Å². The fourth-order valence-electron chi connectivity index (χ4n) is 6.32. The van der Waals surface area contributed by atoms with E-state index in [1.807, 2.05) is 54.6 Å². The molecule has 0 saturated heterocycles. The number of rotatable bonds is 4. The van der Waals surface area contributed by atoms with Crippen molar-refractivity contribution in [2.45, 2.75) is 12.3 Å². The van der Waals surface area contributed by atoms with Gasteiger partial charge in [-0.15, -0.1) is 0 Å². The Kier molecular flexibility index (Phi) is 5.56. The maximum absolute atomic E-state index is 6.36. The van der Waals surface area contributed by atoms with Crippen molar-refractivity contribution in [3.05, 3.63) is 139 Å². The van der Waals surface area contributed by atoms with E-state index >= 15 is 0 Å². The number of benzene rings is 5. The van der Waals surface area contributed by atoms with Crippen molar-refractivity contribution in [2.24, 2.45) is 0 Å². The monoisotopic (exact) mass is 567 g/mol. The van der Waals surface area contributed by atoms with Gasteiger partial charge in [0.2, 0.25) is 0 Å². The van der Waals surface area contributed by atoms with Crippen LogP contribution < -0.4 is 0 Å². The molecule has 1 atom stereocenters. The highest BCUT2D eigenvalue weighted by Crippen LogP contribution is 2.38. The number of fused-ring (bicyclic) bond motifs is 6. The standard InChI is InChI=1S/C39H25N3O2/c1-2-10-25(11-3-1)37-40-38(42-39(41-37)31-16-8-15-29-28-12-4-6-17-32(28)44-36(29)31)26-22-20-24(21-23-26)27-14-9-19-34-35(27)30-13-5-7-18-33(30)43-34/h1-10,12-23,25H,11H2. The molecule has 0 radical (unpaired) electrons. The highest BCUT2D eigenvalue weighted by Gasteiger charge is 2.20. The summed E-state index contributed by atoms with van der Waals surface area (Å²) < 4.78 is 12.5. The zero-order valence-corrected chi connectivity index (χ0v) is 23.6. The highest BCUT2D eigenvalue weighted by atomic mass is 16.3. The maximum atomic E-state index is 6.36. The predicted octanol–water partition coefficient (Wildman–Crippen LogP) is 10.3. The van der Waals surface area contributed by atoms with Gasteiger partial charge in [0.15, 0.2) is 11.6 Å². The minimum Gasteiger partial charge on any atom is -0.456 e. The second-order valence-electron chi connectivity index (χ2n) is 11.1. The SMILES string of the molecule is C1=CCC(c2nc(-c3ccc(-c4cccc5oc6ccccc6c45)cc3)nc(-c3cccc4c3oc3ccccc34)n2)C=C1. The molecule has 5 nitrogen and oxygen atoms in total. The molecule has 0 saturated carbocycles. The van der Waals surface area contributed by atoms with Crippen LogP contribution in [0.5, 0.6) is 0 Å². The summed E-state index contributed by atoms with van der Waals surface area (Å²) in [6.07, 6.45) is 9.28. The third kappa shape index (κ3) is 3.97. The molecule has 0 spiro atoms. The number of para-hydroxylation sites is 3. The van der Waals surface area contributed by atoms with Crippen LogP contribution in [0.2, 0.25) is 0 Å². The van der Waals surface area contributed by atoms with Crippen LogP contribution in [0.1, 0.15) is 18.2 Å². The molecule has 208 valence electrons. The van der Waals surface area contributed by atoms with Crippen LogP contribution in [0.4, 0.5) is 0 Å². The Balaban J connectivity index is 1.19. The first-order valence-corrected chi connectivity index (χ1v) is 14.8. The Hall–Kier alpha value is -5.81. The topological polar surface area (TPSA) is 65.0 Å². The number of allylic oxidation sites excluding steroid dienone is 4. The molecular weight excluding hydrogens is 542 g/mol. The summed E-state index contributed by atoms with van der Waals surface area (Å²) in [6, 6.07) is 37.1. The van der Waals surface area contributed by atoms with E-state index in [1.54, 1.807) is 0 Å². The van der Waals surface area contributed by atoms with Crippen LogP contribution in [-0.4, -0.2) is 15.0 Å². The number of hydrogen-bond acceptors (Lipinski definition) is 5. The minimum atomic E-state index is 0.0709. The van der Waals surface area contributed by atoms with Crippen molar-refractivity contribution in [1.29, 1.82) is 0 Å². The number of nitrogens with zero attached hydrogens (tertiary/aromatic N) is 3. The van der Waals surface area contributed by atoms with Gasteiger partial charge in [-0.1, -0.05) is 109 Å². The van der Waals surface area contributed by atoms with Gasteiger partial charge >= 0.3 is 0 Å². The Labute approximate surface area is 252 Å². The lowest BCUT2D eigenvalue weighted by atomic mass is 9.98. The van der Waals surface area contributed by atoms with Gasteiger partial charge in [-0.25, -0.2) is 15.0 Å². The number of aromatic nitrogens is 3. The molecule has 1 unspecified atom stereocenters. The lowest BCUT2D eigenvalue weighted by Crippen LogP contribution is -2.07. The van der Waals surface area contributed by atoms with E-state index < -0.39 is 0 Å². The molecule has 1 aliphatic rings. The first kappa shape index (κ1) is 24.8. The molecule has 8 aromatic rings. The normalized spacial score (nSPS) is 14.8. The van der Waals surface area contributed by atoms with Crippen molar-refractivity contribution in [1.82, 2.24) is 15.0 Å². The first-order valence-electron chi connectivity index (χ1n) is 14.8. The molecule has 0 aliphatic heterocycles. The number of furan rings is 2. The Bertz CT molecular complexity index is 2430. The van der Waals surface area contributed by atoms with Crippen molar-refractivity contribution in [3.63, 3.8) is 0 Å². The van der Waals surface area contributed by atoms with Crippen LogP contribution in [0.3, 0.4) is 0 Å². The van der Waals surface area contributed by atoms with Gasteiger partial charge in [0.1, 0.15) is 28.2 Å². The van der Waals surface area contributed by atoms with Gasteiger partial charge in [0.05, 0.1) is 5.56 Å². The summed E-state index contributed by atoms with van der Waals surface area (Å²) in [5.41, 5.74) is 7.42. The summed E-state index contributed by atoms with van der Waals surface area (Å²) in [5.74, 6) is 2.06. The van der Waals surface area contributed by atoms with Gasteiger partial charge in [0.25, 0.3) is 0 Å². The van der Waals surface area contributed by atoms with Crippen molar-refractivity contribution < 1.29 is 8.83 Å². The predicted molar refractivity (Wildman–Crippen MR) is 176 cm³/mol. The molecule has 9 rings (SSSR count). The summed E-state index contributed by atoms with van der Waals surface area (Å²) >= 11 is 0. The van der Waals surface area contributed by atoms with Gasteiger partial charge in [-0.2, -0.15) is 0 Å². The average Bonchev–Trinajstić information content (AvgIpc) is 3.67. The van der Waals surface area contributed by atoms with E-state index in [0.717, 1.165) is 78.4 Å². The summed E-state index contributed by atoms with van der Waals surface area (Å²) in [5, 5.41) is 4.36. The van der Waals surface area contributed by atoms with Crippen LogP contribution in [-0.2, 0) is 0 Å². The Morgan fingerprint density at radius 2 is 1.20 bits per heavy atom. The van der Waals surface area contributed by atoms with E-state index in [0.29, 0.717) is 11.6 Å². The summed E-state index contributed by atoms with van der Waals surface area (Å²) in [7, 11) is 0. The fraction of sp³-hybridized carbons (Fsp3) is 0.0513. The second-order valence-corrected chi connectivity index (χ2v) is 11.1. The summed E-state index contributed by atoms with van der Waals surface area (Å²) in [6.45, 7) is 0. The van der Waals surface area contributed by atoms with E-state index in [9.17, 15) is 0 Å². The zero-order valence-electron chi connectivity index (χ0n) is 23.6. The molecule has 0 bridgehead atoms. The fourth-order valence-corrected chi connectivity index (χ4v) is 6.32. The molecule has 0 amide bonds. The van der Waals surface area contributed by atoms with Crippen molar-refractivity contribution in [2.75, 3.05) is 0 Å². The molecule has 5 heteroatoms. The largest absolute Gasteiger partial charge is 0.456 e. The molecule has 3 aromatic heterocycles. The van der Waals surface area contributed by atoms with E-state index in [1.165, 1.54) is 0 Å². The van der Waals surface area contributed by atoms with Gasteiger partial charge in [-0.05, 0) is 41.8 Å². The smallest absolute Gasteiger partial charge is 0.167 e. The molecule has 3 heterocycles. The van der Waals surface area contributed by atoms with Crippen LogP contribution in [0, 0.1) is 0 Å². The maximum Gasteiger partial charge on any atom is 0.167 e. The highest BCUT2D eigenvalue weighted by molar-refractivity contribution is 6.12. The molecule has 1 aliphatic carbocycles. The van der Waals surface area contributed by atoms with Gasteiger partial charge < -0.3 is 8.83 Å². The van der Waals surface area contributed by atoms with Gasteiger partial charge in [0, 0.05) is 33.0 Å². The quantitative estimate of drug-likeness (QED) is 0.212. The third-order valence-electron chi connectivity index (χ3n) is 8.47. The molecule has 0 N–H and O–H groups in total. The molecular formula is C39H25N3O2. The van der Waals surface area contributed by atoms with Crippen LogP contribution in [0.25, 0.3) is 77.8 Å². The Morgan fingerprint density at radius 1 is 0.523 bits per heavy atom. The van der Waals surface area contributed by atoms with Crippen LogP contribution in [0.15, 0.2) is 142 Å². The van der Waals surface area contributed by atoms with E-state index in [4.69, 9.17) is 23.8 Å². The third-order valence-corrected chi connectivity index (χ3v) is 8.47. The van der Waals surface area contributed by atoms with E-state index in [2.05, 4.69) is 78.9 Å². The first-order chi connectivity index (χ1) is 21.8. The lowest BCUT2D eigenvalue weighted by Gasteiger charge is -2.14. The minimum absolute atomic E-state index is 0.0709. The lowest BCUT2D eigenvalue weighted by molar-refractivity contribution is 0.668. The number of hydrogen-bond donors (Lipinski definition) is 0. The molecule has 5 aromatic carbocycles. The Morgan fingerprint density at radius 3 is 2.05 bits per heavy atom.